The quantitative estimate of drug-likeness (QED) is 0.505. The predicted octanol–water partition coefficient (Wildman–Crippen LogP) is 1.79. The van der Waals surface area contributed by atoms with Crippen LogP contribution in [0.15, 0.2) is 30.9 Å². The number of anilines is 1. The first-order valence-electron chi connectivity index (χ1n) is 10.2. The van der Waals surface area contributed by atoms with Crippen molar-refractivity contribution in [2.24, 2.45) is 5.73 Å². The fraction of sp³-hybridized carbons (Fsp3) is 0.348. The summed E-state index contributed by atoms with van der Waals surface area (Å²) in [6, 6.07) is 5.15. The first kappa shape index (κ1) is 22.7. The molecule has 1 aliphatic heterocycles. The molecule has 3 rings (SSSR count). The van der Waals surface area contributed by atoms with E-state index in [9.17, 15) is 9.59 Å². The molecule has 1 unspecified atom stereocenters. The van der Waals surface area contributed by atoms with Crippen molar-refractivity contribution in [2.45, 2.75) is 19.4 Å². The highest BCUT2D eigenvalue weighted by molar-refractivity contribution is 6.00. The molecule has 32 heavy (non-hydrogen) atoms. The number of ether oxygens (including phenoxy) is 2. The van der Waals surface area contributed by atoms with Gasteiger partial charge in [0.1, 0.15) is 22.9 Å². The fourth-order valence-corrected chi connectivity index (χ4v) is 3.64. The normalized spacial score (nSPS) is 15.0. The molecule has 1 aromatic heterocycles. The topological polar surface area (TPSA) is 112 Å². The predicted molar refractivity (Wildman–Crippen MR) is 121 cm³/mol. The zero-order valence-electron chi connectivity index (χ0n) is 18.5. The molecule has 168 valence electrons. The first-order chi connectivity index (χ1) is 15.4. The number of nitrogens with one attached hydrogen (secondary N) is 1. The van der Waals surface area contributed by atoms with Crippen LogP contribution < -0.4 is 20.5 Å². The van der Waals surface area contributed by atoms with Crippen LogP contribution in [0.25, 0.3) is 0 Å². The van der Waals surface area contributed by atoms with Gasteiger partial charge in [-0.05, 0) is 37.5 Å². The Bertz CT molecular complexity index is 1070. The second-order valence-electron chi connectivity index (χ2n) is 7.19. The number of likely N-dealkylation sites (tertiary alicyclic amines) is 1. The van der Waals surface area contributed by atoms with E-state index in [0.29, 0.717) is 48.9 Å². The molecule has 3 N–H and O–H groups in total. The van der Waals surface area contributed by atoms with Crippen LogP contribution in [0.1, 0.15) is 41.0 Å². The lowest BCUT2D eigenvalue weighted by Crippen LogP contribution is -2.27. The highest BCUT2D eigenvalue weighted by Crippen LogP contribution is 2.29. The molecule has 2 heterocycles. The molecular formula is C23H27N5O4. The minimum absolute atomic E-state index is 0.112. The van der Waals surface area contributed by atoms with Gasteiger partial charge in [0.15, 0.2) is 5.69 Å². The van der Waals surface area contributed by atoms with Crippen LogP contribution in [-0.4, -0.2) is 60.3 Å². The van der Waals surface area contributed by atoms with E-state index < -0.39 is 5.91 Å². The van der Waals surface area contributed by atoms with Gasteiger partial charge in [0.25, 0.3) is 5.91 Å². The molecule has 1 saturated heterocycles. The SMILES string of the molecule is C=CC(=O)N1CCC(n2nc(C#Cc3cc(OC)cc(OC)c3)c(C(N)=O)c2NCC)C1. The Labute approximate surface area is 187 Å². The van der Waals surface area contributed by atoms with Gasteiger partial charge in [0.2, 0.25) is 5.91 Å². The lowest BCUT2D eigenvalue weighted by Gasteiger charge is -2.17. The summed E-state index contributed by atoms with van der Waals surface area (Å²) < 4.78 is 12.3. The Morgan fingerprint density at radius 3 is 2.53 bits per heavy atom. The second-order valence-corrected chi connectivity index (χ2v) is 7.19. The van der Waals surface area contributed by atoms with Crippen molar-refractivity contribution in [3.05, 3.63) is 47.7 Å². The monoisotopic (exact) mass is 437 g/mol. The molecule has 1 atom stereocenters. The molecule has 9 nitrogen and oxygen atoms in total. The van der Waals surface area contributed by atoms with E-state index in [1.54, 1.807) is 42.0 Å². The number of hydrogen-bond acceptors (Lipinski definition) is 6. The van der Waals surface area contributed by atoms with Gasteiger partial charge in [0.05, 0.1) is 20.3 Å². The summed E-state index contributed by atoms with van der Waals surface area (Å²) in [6.45, 7) is 7.07. The molecule has 2 amide bonds. The molecule has 9 heteroatoms. The number of amides is 2. The number of rotatable bonds is 7. The largest absolute Gasteiger partial charge is 0.497 e. The van der Waals surface area contributed by atoms with Crippen molar-refractivity contribution >= 4 is 17.6 Å². The van der Waals surface area contributed by atoms with Crippen LogP contribution in [0.2, 0.25) is 0 Å². The maximum Gasteiger partial charge on any atom is 0.255 e. The zero-order chi connectivity index (χ0) is 23.3. The van der Waals surface area contributed by atoms with Gasteiger partial charge in [-0.1, -0.05) is 12.5 Å². The lowest BCUT2D eigenvalue weighted by molar-refractivity contribution is -0.125. The van der Waals surface area contributed by atoms with Crippen LogP contribution in [0.3, 0.4) is 0 Å². The summed E-state index contributed by atoms with van der Waals surface area (Å²) in [4.78, 5) is 26.0. The van der Waals surface area contributed by atoms with Crippen molar-refractivity contribution in [1.29, 1.82) is 0 Å². The summed E-state index contributed by atoms with van der Waals surface area (Å²) in [7, 11) is 3.12. The maximum atomic E-state index is 12.3. The molecule has 2 aromatic rings. The molecule has 0 spiro atoms. The average Bonchev–Trinajstić information content (AvgIpc) is 3.42. The zero-order valence-corrected chi connectivity index (χ0v) is 18.5. The number of nitrogens with two attached hydrogens (primary N) is 1. The second kappa shape index (κ2) is 9.92. The first-order valence-corrected chi connectivity index (χ1v) is 10.2. The van der Waals surface area contributed by atoms with Crippen LogP contribution in [0, 0.1) is 11.8 Å². The van der Waals surface area contributed by atoms with Crippen molar-refractivity contribution in [3.8, 4) is 23.3 Å². The molecule has 1 fully saturated rings. The van der Waals surface area contributed by atoms with Crippen LogP contribution in [-0.2, 0) is 4.79 Å². The van der Waals surface area contributed by atoms with E-state index in [1.807, 2.05) is 6.92 Å². The van der Waals surface area contributed by atoms with E-state index >= 15 is 0 Å². The number of carbonyl (C=O) groups is 2. The molecule has 1 aromatic carbocycles. The van der Waals surface area contributed by atoms with Gasteiger partial charge in [-0.15, -0.1) is 0 Å². The van der Waals surface area contributed by atoms with Crippen LogP contribution in [0.5, 0.6) is 11.5 Å². The summed E-state index contributed by atoms with van der Waals surface area (Å²) >= 11 is 0. The third kappa shape index (κ3) is 4.70. The van der Waals surface area contributed by atoms with E-state index in [4.69, 9.17) is 15.2 Å². The summed E-state index contributed by atoms with van der Waals surface area (Å²) in [5.41, 5.74) is 6.83. The minimum atomic E-state index is -0.628. The fourth-order valence-electron chi connectivity index (χ4n) is 3.64. The lowest BCUT2D eigenvalue weighted by atomic mass is 10.1. The smallest absolute Gasteiger partial charge is 0.255 e. The minimum Gasteiger partial charge on any atom is -0.497 e. The molecule has 1 aliphatic rings. The van der Waals surface area contributed by atoms with E-state index in [2.05, 4.69) is 28.8 Å². The maximum absolute atomic E-state index is 12.3. The summed E-state index contributed by atoms with van der Waals surface area (Å²) in [6.07, 6.45) is 1.99. The Morgan fingerprint density at radius 1 is 1.28 bits per heavy atom. The van der Waals surface area contributed by atoms with E-state index in [-0.39, 0.29) is 23.2 Å². The Morgan fingerprint density at radius 2 is 1.97 bits per heavy atom. The van der Waals surface area contributed by atoms with Crippen LogP contribution in [0.4, 0.5) is 5.82 Å². The van der Waals surface area contributed by atoms with Gasteiger partial charge < -0.3 is 25.4 Å². The molecular weight excluding hydrogens is 410 g/mol. The Hall–Kier alpha value is -3.93. The van der Waals surface area contributed by atoms with Crippen molar-refractivity contribution in [2.75, 3.05) is 39.2 Å². The van der Waals surface area contributed by atoms with Gasteiger partial charge in [-0.3, -0.25) is 9.59 Å². The number of primary amides is 1. The molecule has 0 saturated carbocycles. The third-order valence-electron chi connectivity index (χ3n) is 5.17. The Balaban J connectivity index is 2.04. The number of methoxy groups -OCH3 is 2. The van der Waals surface area contributed by atoms with Gasteiger partial charge in [0, 0.05) is 31.3 Å². The van der Waals surface area contributed by atoms with E-state index in [0.717, 1.165) is 0 Å². The van der Waals surface area contributed by atoms with E-state index in [1.165, 1.54) is 6.08 Å². The summed E-state index contributed by atoms with van der Waals surface area (Å²) in [5, 5.41) is 7.79. The number of aromatic nitrogens is 2. The summed E-state index contributed by atoms with van der Waals surface area (Å²) in [5.74, 6) is 6.93. The number of nitrogens with zero attached hydrogens (tertiary/aromatic N) is 3. The highest BCUT2D eigenvalue weighted by Gasteiger charge is 2.31. The van der Waals surface area contributed by atoms with Crippen LogP contribution >= 0.6 is 0 Å². The van der Waals surface area contributed by atoms with Gasteiger partial charge >= 0.3 is 0 Å². The molecule has 0 aliphatic carbocycles. The average molecular weight is 438 g/mol. The number of benzene rings is 1. The van der Waals surface area contributed by atoms with Crippen molar-refractivity contribution in [3.63, 3.8) is 0 Å². The van der Waals surface area contributed by atoms with Gasteiger partial charge in [-0.25, -0.2) is 4.68 Å². The highest BCUT2D eigenvalue weighted by atomic mass is 16.5. The molecule has 0 radical (unpaired) electrons. The Kier molecular flexibility index (Phi) is 7.05. The number of hydrogen-bond donors (Lipinski definition) is 2. The van der Waals surface area contributed by atoms with Gasteiger partial charge in [-0.2, -0.15) is 5.10 Å². The standard InChI is InChI=1S/C23H27N5O4/c1-5-20(29)27-10-9-16(14-27)28-23(25-6-2)21(22(24)30)19(26-28)8-7-15-11-17(31-3)13-18(12-15)32-4/h5,11-13,16,25H,1,6,9-10,14H2,2-4H3,(H2,24,30). The third-order valence-corrected chi connectivity index (χ3v) is 5.17. The van der Waals surface area contributed by atoms with Crippen molar-refractivity contribution in [1.82, 2.24) is 14.7 Å². The molecule has 0 bridgehead atoms. The van der Waals surface area contributed by atoms with Crippen molar-refractivity contribution < 1.29 is 19.1 Å². The number of carbonyl (C=O) groups excluding carboxylic acids is 2.